The summed E-state index contributed by atoms with van der Waals surface area (Å²) in [6.45, 7) is 7.99. The van der Waals surface area contributed by atoms with E-state index < -0.39 is 10.0 Å². The average Bonchev–Trinajstić information content (AvgIpc) is 2.38. The van der Waals surface area contributed by atoms with E-state index in [0.29, 0.717) is 32.3 Å². The van der Waals surface area contributed by atoms with Gasteiger partial charge in [0.2, 0.25) is 10.0 Å². The zero-order valence-corrected chi connectivity index (χ0v) is 12.2. The van der Waals surface area contributed by atoms with Crippen molar-refractivity contribution in [3.05, 3.63) is 0 Å². The van der Waals surface area contributed by atoms with E-state index in [2.05, 4.69) is 11.8 Å². The molecule has 1 rings (SSSR count). The maximum absolute atomic E-state index is 12.0. The standard InChI is InChI=1S/C11H25N3O3S/c1-3-17-8-9-18(15,16)14-6-4-13(5-7-14)11(2)10-12/h11H,3-10,12H2,1-2H3. The van der Waals surface area contributed by atoms with Crippen LogP contribution in [0.15, 0.2) is 0 Å². The van der Waals surface area contributed by atoms with Gasteiger partial charge in [0, 0.05) is 45.4 Å². The van der Waals surface area contributed by atoms with E-state index in [1.807, 2.05) is 6.92 Å². The first-order valence-corrected chi connectivity index (χ1v) is 8.12. The Morgan fingerprint density at radius 2 is 1.89 bits per heavy atom. The van der Waals surface area contributed by atoms with Crippen molar-refractivity contribution in [3.8, 4) is 0 Å². The van der Waals surface area contributed by atoms with E-state index in [4.69, 9.17) is 10.5 Å². The quantitative estimate of drug-likeness (QED) is 0.625. The molecule has 0 aromatic carbocycles. The van der Waals surface area contributed by atoms with Gasteiger partial charge in [0.05, 0.1) is 12.4 Å². The topological polar surface area (TPSA) is 75.9 Å². The van der Waals surface area contributed by atoms with E-state index in [-0.39, 0.29) is 12.4 Å². The second-order valence-electron chi connectivity index (χ2n) is 4.53. The maximum atomic E-state index is 12.0. The molecule has 0 spiro atoms. The summed E-state index contributed by atoms with van der Waals surface area (Å²) in [5.74, 6) is 0.0767. The van der Waals surface area contributed by atoms with Crippen LogP contribution in [0.1, 0.15) is 13.8 Å². The molecule has 6 nitrogen and oxygen atoms in total. The molecule has 0 radical (unpaired) electrons. The SMILES string of the molecule is CCOCCS(=O)(=O)N1CCN(C(C)CN)CC1. The summed E-state index contributed by atoms with van der Waals surface area (Å²) in [4.78, 5) is 2.23. The lowest BCUT2D eigenvalue weighted by Gasteiger charge is -2.37. The summed E-state index contributed by atoms with van der Waals surface area (Å²) in [6, 6.07) is 0.318. The average molecular weight is 279 g/mol. The lowest BCUT2D eigenvalue weighted by Crippen LogP contribution is -2.53. The monoisotopic (exact) mass is 279 g/mol. The number of nitrogens with two attached hydrogens (primary N) is 1. The van der Waals surface area contributed by atoms with Crippen LogP contribution in [-0.2, 0) is 14.8 Å². The minimum absolute atomic E-state index is 0.0767. The maximum Gasteiger partial charge on any atom is 0.216 e. The van der Waals surface area contributed by atoms with Gasteiger partial charge in [-0.15, -0.1) is 0 Å². The van der Waals surface area contributed by atoms with E-state index in [9.17, 15) is 8.42 Å². The second-order valence-corrected chi connectivity index (χ2v) is 6.62. The smallest absolute Gasteiger partial charge is 0.216 e. The summed E-state index contributed by atoms with van der Waals surface area (Å²) in [7, 11) is -3.16. The molecule has 0 amide bonds. The molecule has 1 heterocycles. The van der Waals surface area contributed by atoms with Crippen LogP contribution in [0.2, 0.25) is 0 Å². The highest BCUT2D eigenvalue weighted by atomic mass is 32.2. The zero-order chi connectivity index (χ0) is 13.6. The first-order valence-electron chi connectivity index (χ1n) is 6.51. The lowest BCUT2D eigenvalue weighted by molar-refractivity contribution is 0.144. The predicted molar refractivity (Wildman–Crippen MR) is 71.9 cm³/mol. The molecule has 1 aliphatic rings. The molecule has 1 unspecified atom stereocenters. The Morgan fingerprint density at radius 1 is 1.28 bits per heavy atom. The fraction of sp³-hybridized carbons (Fsp3) is 1.00. The Balaban J connectivity index is 2.41. The molecule has 1 saturated heterocycles. The molecule has 0 bridgehead atoms. The van der Waals surface area contributed by atoms with Crippen molar-refractivity contribution in [3.63, 3.8) is 0 Å². The summed E-state index contributed by atoms with van der Waals surface area (Å²) >= 11 is 0. The fourth-order valence-electron chi connectivity index (χ4n) is 2.01. The van der Waals surface area contributed by atoms with Gasteiger partial charge in [0.1, 0.15) is 0 Å². The van der Waals surface area contributed by atoms with E-state index in [1.54, 1.807) is 4.31 Å². The van der Waals surface area contributed by atoms with Gasteiger partial charge < -0.3 is 10.5 Å². The van der Waals surface area contributed by atoms with Crippen molar-refractivity contribution in [2.75, 3.05) is 51.7 Å². The summed E-state index contributed by atoms with van der Waals surface area (Å²) in [5, 5.41) is 0. The first-order chi connectivity index (χ1) is 8.51. The van der Waals surface area contributed by atoms with Crippen LogP contribution in [0.4, 0.5) is 0 Å². The molecule has 108 valence electrons. The molecule has 2 N–H and O–H groups in total. The Kier molecular flexibility index (Phi) is 6.51. The molecule has 0 saturated carbocycles. The van der Waals surface area contributed by atoms with Crippen molar-refractivity contribution in [2.24, 2.45) is 5.73 Å². The van der Waals surface area contributed by atoms with E-state index in [1.165, 1.54) is 0 Å². The van der Waals surface area contributed by atoms with Crippen LogP contribution in [0.3, 0.4) is 0 Å². The van der Waals surface area contributed by atoms with Crippen molar-refractivity contribution in [1.82, 2.24) is 9.21 Å². The Morgan fingerprint density at radius 3 is 2.39 bits per heavy atom. The molecule has 0 aromatic heterocycles. The largest absolute Gasteiger partial charge is 0.381 e. The van der Waals surface area contributed by atoms with Crippen LogP contribution in [-0.4, -0.2) is 75.4 Å². The predicted octanol–water partition coefficient (Wildman–Crippen LogP) is -0.682. The van der Waals surface area contributed by atoms with Crippen LogP contribution < -0.4 is 5.73 Å². The third kappa shape index (κ3) is 4.47. The highest BCUT2D eigenvalue weighted by molar-refractivity contribution is 7.89. The molecular weight excluding hydrogens is 254 g/mol. The number of nitrogens with zero attached hydrogens (tertiary/aromatic N) is 2. The highest BCUT2D eigenvalue weighted by Gasteiger charge is 2.27. The van der Waals surface area contributed by atoms with Crippen molar-refractivity contribution >= 4 is 10.0 Å². The van der Waals surface area contributed by atoms with Crippen molar-refractivity contribution in [1.29, 1.82) is 0 Å². The summed E-state index contributed by atoms with van der Waals surface area (Å²) < 4.78 is 30.7. The van der Waals surface area contributed by atoms with Gasteiger partial charge in [-0.2, -0.15) is 4.31 Å². The Labute approximate surface area is 110 Å². The number of ether oxygens (including phenoxy) is 1. The minimum Gasteiger partial charge on any atom is -0.381 e. The van der Waals surface area contributed by atoms with Crippen LogP contribution in [0, 0.1) is 0 Å². The van der Waals surface area contributed by atoms with Gasteiger partial charge in [0.15, 0.2) is 0 Å². The van der Waals surface area contributed by atoms with Crippen molar-refractivity contribution < 1.29 is 13.2 Å². The molecule has 0 aliphatic carbocycles. The molecule has 1 atom stereocenters. The molecule has 1 fully saturated rings. The third-order valence-corrected chi connectivity index (χ3v) is 5.16. The lowest BCUT2D eigenvalue weighted by atomic mass is 10.2. The highest BCUT2D eigenvalue weighted by Crippen LogP contribution is 2.10. The molecule has 7 heteroatoms. The van der Waals surface area contributed by atoms with Gasteiger partial charge in [-0.25, -0.2) is 8.42 Å². The van der Waals surface area contributed by atoms with Gasteiger partial charge in [0.25, 0.3) is 0 Å². The van der Waals surface area contributed by atoms with Crippen LogP contribution in [0.5, 0.6) is 0 Å². The number of piperazine rings is 1. The minimum atomic E-state index is -3.16. The first kappa shape index (κ1) is 15.8. The van der Waals surface area contributed by atoms with Crippen molar-refractivity contribution in [2.45, 2.75) is 19.9 Å². The normalized spacial score (nSPS) is 21.1. The van der Waals surface area contributed by atoms with E-state index in [0.717, 1.165) is 13.1 Å². The van der Waals surface area contributed by atoms with Gasteiger partial charge >= 0.3 is 0 Å². The van der Waals surface area contributed by atoms with Gasteiger partial charge in [-0.3, -0.25) is 4.90 Å². The zero-order valence-electron chi connectivity index (χ0n) is 11.3. The Hall–Kier alpha value is -0.210. The van der Waals surface area contributed by atoms with Gasteiger partial charge in [-0.1, -0.05) is 0 Å². The van der Waals surface area contributed by atoms with Crippen LogP contribution >= 0.6 is 0 Å². The Bertz CT molecular complexity index is 326. The molecule has 0 aromatic rings. The summed E-state index contributed by atoms with van der Waals surface area (Å²) in [5.41, 5.74) is 5.61. The number of rotatable bonds is 7. The molecule has 18 heavy (non-hydrogen) atoms. The third-order valence-electron chi connectivity index (χ3n) is 3.32. The summed E-state index contributed by atoms with van der Waals surface area (Å²) in [6.07, 6.45) is 0. The molecule has 1 aliphatic heterocycles. The number of hydrogen-bond donors (Lipinski definition) is 1. The second kappa shape index (κ2) is 7.40. The number of hydrogen-bond acceptors (Lipinski definition) is 5. The van der Waals surface area contributed by atoms with Crippen LogP contribution in [0.25, 0.3) is 0 Å². The fourth-order valence-corrected chi connectivity index (χ4v) is 3.32. The molecular formula is C11H25N3O3S. The van der Waals surface area contributed by atoms with Gasteiger partial charge in [-0.05, 0) is 13.8 Å². The number of sulfonamides is 1. The van der Waals surface area contributed by atoms with E-state index >= 15 is 0 Å².